The molecule has 1 aromatic rings. The van der Waals surface area contributed by atoms with Crippen LogP contribution in [0.15, 0.2) is 6.08 Å². The number of hydrogen-bond acceptors (Lipinski definition) is 2. The van der Waals surface area contributed by atoms with Gasteiger partial charge in [0.05, 0.1) is 5.56 Å². The Balaban J connectivity index is 2.94. The quantitative estimate of drug-likeness (QED) is 0.477. The topological polar surface area (TPSA) is 34.1 Å². The lowest BCUT2D eigenvalue weighted by molar-refractivity contribution is -0.118. The Bertz CT molecular complexity index is 654. The highest BCUT2D eigenvalue weighted by molar-refractivity contribution is 5.89. The zero-order chi connectivity index (χ0) is 15.2. The van der Waals surface area contributed by atoms with Gasteiger partial charge in [0.1, 0.15) is 5.83 Å². The Labute approximate surface area is 107 Å². The lowest BCUT2D eigenvalue weighted by Gasteiger charge is -2.27. The normalized spacial score (nSPS) is 24.9. The fourth-order valence-electron chi connectivity index (χ4n) is 1.96. The third kappa shape index (κ3) is 1.67. The van der Waals surface area contributed by atoms with E-state index in [9.17, 15) is 35.9 Å². The lowest BCUT2D eigenvalue weighted by Crippen LogP contribution is -2.33. The molecule has 0 amide bonds. The molecule has 2 nitrogen and oxygen atoms in total. The number of carbonyl (C=O) groups excluding carboxylic acids is 2. The van der Waals surface area contributed by atoms with Gasteiger partial charge in [-0.3, -0.25) is 9.59 Å². The number of hydrogen-bond donors (Lipinski definition) is 0. The van der Waals surface area contributed by atoms with Gasteiger partial charge in [0.15, 0.2) is 36.2 Å². The number of carbonyl (C=O) groups is 2. The molecule has 0 heterocycles. The Morgan fingerprint density at radius 2 is 1.65 bits per heavy atom. The first-order chi connectivity index (χ1) is 9.28. The van der Waals surface area contributed by atoms with Crippen LogP contribution in [0.1, 0.15) is 27.7 Å². The zero-order valence-electron chi connectivity index (χ0n) is 9.39. The maximum Gasteiger partial charge on any atom is 0.222 e. The van der Waals surface area contributed by atoms with E-state index in [4.69, 9.17) is 0 Å². The molecule has 0 N–H and O–H groups in total. The van der Waals surface area contributed by atoms with E-state index in [1.807, 2.05) is 0 Å². The van der Waals surface area contributed by atoms with E-state index in [2.05, 4.69) is 0 Å². The molecule has 1 aliphatic rings. The predicted molar refractivity (Wildman–Crippen MR) is 54.5 cm³/mol. The smallest absolute Gasteiger partial charge is 0.222 e. The SMILES string of the molecule is O=Cc1c(F)c(F)c(F)c2c1C(F)=CC(F)(C=O)C2F. The first-order valence-corrected chi connectivity index (χ1v) is 5.12. The van der Waals surface area contributed by atoms with Gasteiger partial charge in [-0.2, -0.15) is 0 Å². The van der Waals surface area contributed by atoms with Crippen LogP contribution >= 0.6 is 0 Å². The van der Waals surface area contributed by atoms with Crippen molar-refractivity contribution in [2.24, 2.45) is 0 Å². The van der Waals surface area contributed by atoms with Crippen molar-refractivity contribution in [3.63, 3.8) is 0 Å². The fourth-order valence-corrected chi connectivity index (χ4v) is 1.96. The number of benzene rings is 1. The van der Waals surface area contributed by atoms with Crippen LogP contribution in [0.3, 0.4) is 0 Å². The molecule has 0 spiro atoms. The lowest BCUT2D eigenvalue weighted by atomic mass is 9.83. The van der Waals surface area contributed by atoms with Crippen molar-refractivity contribution in [1.82, 2.24) is 0 Å². The molecule has 0 saturated carbocycles. The van der Waals surface area contributed by atoms with E-state index in [1.54, 1.807) is 0 Å². The number of alkyl halides is 2. The van der Waals surface area contributed by atoms with Crippen LogP contribution in [0.2, 0.25) is 0 Å². The molecular formula is C12H4F6O2. The minimum absolute atomic E-state index is 0.156. The van der Waals surface area contributed by atoms with Crippen LogP contribution in [-0.2, 0) is 4.79 Å². The minimum Gasteiger partial charge on any atom is -0.299 e. The van der Waals surface area contributed by atoms with Crippen LogP contribution in [0.5, 0.6) is 0 Å². The van der Waals surface area contributed by atoms with E-state index in [0.717, 1.165) is 0 Å². The van der Waals surface area contributed by atoms with Crippen LogP contribution in [0.4, 0.5) is 26.3 Å². The molecule has 1 aliphatic carbocycles. The van der Waals surface area contributed by atoms with E-state index in [0.29, 0.717) is 0 Å². The molecule has 0 fully saturated rings. The molecule has 2 rings (SSSR count). The van der Waals surface area contributed by atoms with Gasteiger partial charge in [-0.05, 0) is 6.08 Å². The second-order valence-corrected chi connectivity index (χ2v) is 4.06. The Morgan fingerprint density at radius 1 is 1.05 bits per heavy atom. The van der Waals surface area contributed by atoms with Crippen molar-refractivity contribution >= 4 is 18.4 Å². The third-order valence-corrected chi connectivity index (χ3v) is 2.92. The van der Waals surface area contributed by atoms with Crippen LogP contribution in [-0.4, -0.2) is 18.2 Å². The Hall–Kier alpha value is -2.12. The van der Waals surface area contributed by atoms with E-state index >= 15 is 0 Å². The van der Waals surface area contributed by atoms with Gasteiger partial charge in [0, 0.05) is 11.1 Å². The molecule has 1 aromatic carbocycles. The predicted octanol–water partition coefficient (Wildman–Crippen LogP) is 3.16. The zero-order valence-corrected chi connectivity index (χ0v) is 9.39. The molecule has 8 heteroatoms. The fraction of sp³-hybridized carbons (Fsp3) is 0.167. The molecular weight excluding hydrogens is 290 g/mol. The van der Waals surface area contributed by atoms with Crippen LogP contribution < -0.4 is 0 Å². The Kier molecular flexibility index (Phi) is 3.19. The molecule has 0 aromatic heterocycles. The van der Waals surface area contributed by atoms with Crippen LogP contribution in [0, 0.1) is 17.5 Å². The highest BCUT2D eigenvalue weighted by Crippen LogP contribution is 2.46. The largest absolute Gasteiger partial charge is 0.299 e. The minimum atomic E-state index is -3.57. The molecule has 0 bridgehead atoms. The number of allylic oxidation sites excluding steroid dienone is 1. The summed E-state index contributed by atoms with van der Waals surface area (Å²) in [4.78, 5) is 21.1. The van der Waals surface area contributed by atoms with E-state index in [1.165, 1.54) is 0 Å². The monoisotopic (exact) mass is 294 g/mol. The molecule has 106 valence electrons. The molecule has 0 saturated heterocycles. The summed E-state index contributed by atoms with van der Waals surface area (Å²) in [5, 5.41) is 0. The average Bonchev–Trinajstić information content (AvgIpc) is 2.42. The molecule has 0 aliphatic heterocycles. The second kappa shape index (κ2) is 4.46. The van der Waals surface area contributed by atoms with Gasteiger partial charge in [0.2, 0.25) is 5.67 Å². The van der Waals surface area contributed by atoms with Gasteiger partial charge in [-0.25, -0.2) is 26.3 Å². The summed E-state index contributed by atoms with van der Waals surface area (Å²) >= 11 is 0. The van der Waals surface area contributed by atoms with Crippen molar-refractivity contribution in [3.05, 3.63) is 40.2 Å². The number of halogens is 6. The third-order valence-electron chi connectivity index (χ3n) is 2.92. The maximum absolute atomic E-state index is 13.8. The standard InChI is InChI=1S/C12H4F6O2/c13-5-1-12(18,3-20)11(17)7-6(5)4(2-19)8(14)10(16)9(7)15/h1-3,11H. The molecule has 2 unspecified atom stereocenters. The summed E-state index contributed by atoms with van der Waals surface area (Å²) in [6.07, 6.45) is -4.26. The van der Waals surface area contributed by atoms with Gasteiger partial charge in [0.25, 0.3) is 0 Å². The number of fused-ring (bicyclic) bond motifs is 1. The highest BCUT2D eigenvalue weighted by atomic mass is 19.2. The average molecular weight is 294 g/mol. The molecule has 0 radical (unpaired) electrons. The first-order valence-electron chi connectivity index (χ1n) is 5.12. The van der Waals surface area contributed by atoms with E-state index < -0.39 is 58.1 Å². The molecule has 2 atom stereocenters. The van der Waals surface area contributed by atoms with E-state index in [-0.39, 0.29) is 12.4 Å². The summed E-state index contributed by atoms with van der Waals surface area (Å²) in [7, 11) is 0. The van der Waals surface area contributed by atoms with Crippen molar-refractivity contribution < 1.29 is 35.9 Å². The summed E-state index contributed by atoms with van der Waals surface area (Å²) in [6.45, 7) is 0. The summed E-state index contributed by atoms with van der Waals surface area (Å²) in [5.74, 6) is -8.20. The first kappa shape index (κ1) is 14.3. The summed E-state index contributed by atoms with van der Waals surface area (Å²) < 4.78 is 81.2. The number of rotatable bonds is 2. The van der Waals surface area contributed by atoms with Gasteiger partial charge in [-0.1, -0.05) is 0 Å². The van der Waals surface area contributed by atoms with Crippen molar-refractivity contribution in [3.8, 4) is 0 Å². The summed E-state index contributed by atoms with van der Waals surface area (Å²) in [6, 6.07) is 0. The maximum atomic E-state index is 13.8. The highest BCUT2D eigenvalue weighted by Gasteiger charge is 2.48. The van der Waals surface area contributed by atoms with Gasteiger partial charge < -0.3 is 0 Å². The van der Waals surface area contributed by atoms with Gasteiger partial charge in [-0.15, -0.1) is 0 Å². The Morgan fingerprint density at radius 3 is 2.15 bits per heavy atom. The second-order valence-electron chi connectivity index (χ2n) is 4.06. The summed E-state index contributed by atoms with van der Waals surface area (Å²) in [5.41, 5.74) is -7.63. The number of aldehydes is 2. The van der Waals surface area contributed by atoms with Crippen molar-refractivity contribution in [2.45, 2.75) is 11.8 Å². The van der Waals surface area contributed by atoms with Crippen LogP contribution in [0.25, 0.3) is 5.83 Å². The van der Waals surface area contributed by atoms with Crippen molar-refractivity contribution in [1.29, 1.82) is 0 Å². The van der Waals surface area contributed by atoms with Gasteiger partial charge >= 0.3 is 0 Å². The van der Waals surface area contributed by atoms with Crippen molar-refractivity contribution in [2.75, 3.05) is 0 Å². The molecule has 20 heavy (non-hydrogen) atoms.